The van der Waals surface area contributed by atoms with Gasteiger partial charge in [-0.1, -0.05) is 35.1 Å². The molecule has 10 heteroatoms. The lowest BCUT2D eigenvalue weighted by Gasteiger charge is -2.12. The van der Waals surface area contributed by atoms with Crippen LogP contribution in [0, 0.1) is 6.92 Å². The van der Waals surface area contributed by atoms with Crippen LogP contribution in [-0.2, 0) is 0 Å². The van der Waals surface area contributed by atoms with Crippen LogP contribution in [0.1, 0.15) is 32.8 Å². The summed E-state index contributed by atoms with van der Waals surface area (Å²) in [6.07, 6.45) is 0. The van der Waals surface area contributed by atoms with Crippen molar-refractivity contribution in [3.63, 3.8) is 0 Å². The molecule has 0 aliphatic rings. The number of carbonyl (C=O) groups excluding carboxylic acids is 2. The lowest BCUT2D eigenvalue weighted by atomic mass is 10.2. The Morgan fingerprint density at radius 2 is 1.82 bits per heavy atom. The number of fused-ring (bicyclic) bond motifs is 1. The first-order valence-corrected chi connectivity index (χ1v) is 11.2. The minimum atomic E-state index is -0.637. The molecular weight excluding hydrogens is 464 g/mol. The van der Waals surface area contributed by atoms with E-state index in [0.29, 0.717) is 34.4 Å². The lowest BCUT2D eigenvalue weighted by molar-refractivity contribution is 0.0989. The highest BCUT2D eigenvalue weighted by molar-refractivity contribution is 7.19. The monoisotopic (exact) mass is 482 g/mol. The van der Waals surface area contributed by atoms with Crippen molar-refractivity contribution in [3.8, 4) is 5.75 Å². The van der Waals surface area contributed by atoms with E-state index in [4.69, 9.17) is 16.3 Å². The zero-order chi connectivity index (χ0) is 23.5. The molecule has 0 atom stereocenters. The van der Waals surface area contributed by atoms with Crippen molar-refractivity contribution in [1.82, 2.24) is 9.38 Å². The van der Waals surface area contributed by atoms with Gasteiger partial charge in [-0.15, -0.1) is 0 Å². The number of halogens is 1. The number of nitrogens with one attached hydrogen (secondary N) is 2. The van der Waals surface area contributed by atoms with E-state index >= 15 is 0 Å². The van der Waals surface area contributed by atoms with Gasteiger partial charge < -0.3 is 15.4 Å². The molecule has 4 aromatic rings. The van der Waals surface area contributed by atoms with E-state index in [0.717, 1.165) is 15.7 Å². The minimum Gasteiger partial charge on any atom is -0.492 e. The Labute approximate surface area is 197 Å². The largest absolute Gasteiger partial charge is 0.492 e. The standard InChI is InChI=1S/C23H19ClN4O4S/c1-3-32-17-7-5-4-6-16(17)27-21(30)19-20(22(31)26-15-10-8-14(24)9-11-15)33-23-25-13(2)12-18(29)28(19)23/h4-12H,3H2,1-2H3,(H,26,31)(H,27,30). The van der Waals surface area contributed by atoms with Gasteiger partial charge in [0.1, 0.15) is 16.3 Å². The second kappa shape index (κ2) is 9.43. The van der Waals surface area contributed by atoms with Crippen LogP contribution in [0.25, 0.3) is 4.96 Å². The maximum Gasteiger partial charge on any atom is 0.274 e. The van der Waals surface area contributed by atoms with Crippen molar-refractivity contribution >= 4 is 51.1 Å². The van der Waals surface area contributed by atoms with Crippen molar-refractivity contribution in [2.45, 2.75) is 13.8 Å². The summed E-state index contributed by atoms with van der Waals surface area (Å²) < 4.78 is 6.71. The molecule has 33 heavy (non-hydrogen) atoms. The van der Waals surface area contributed by atoms with Gasteiger partial charge in [-0.05, 0) is 50.2 Å². The van der Waals surface area contributed by atoms with Gasteiger partial charge in [-0.3, -0.25) is 14.4 Å². The number of benzene rings is 2. The Morgan fingerprint density at radius 1 is 1.09 bits per heavy atom. The average Bonchev–Trinajstić information content (AvgIpc) is 3.17. The number of hydrogen-bond donors (Lipinski definition) is 2. The summed E-state index contributed by atoms with van der Waals surface area (Å²) in [6.45, 7) is 3.91. The zero-order valence-electron chi connectivity index (χ0n) is 17.7. The molecule has 2 N–H and O–H groups in total. The number of ether oxygens (including phenoxy) is 1. The number of hydrogen-bond acceptors (Lipinski definition) is 6. The van der Waals surface area contributed by atoms with Crippen LogP contribution < -0.4 is 20.9 Å². The number of aryl methyl sites for hydroxylation is 1. The Morgan fingerprint density at radius 3 is 2.55 bits per heavy atom. The third-order valence-electron chi connectivity index (χ3n) is 4.61. The minimum absolute atomic E-state index is 0.0477. The number of amides is 2. The normalized spacial score (nSPS) is 10.8. The highest BCUT2D eigenvalue weighted by Gasteiger charge is 2.27. The molecule has 0 unspecified atom stereocenters. The summed E-state index contributed by atoms with van der Waals surface area (Å²) in [7, 11) is 0. The molecule has 168 valence electrons. The molecule has 0 spiro atoms. The van der Waals surface area contributed by atoms with Crippen molar-refractivity contribution < 1.29 is 14.3 Å². The van der Waals surface area contributed by atoms with Crippen LogP contribution in [0.5, 0.6) is 5.75 Å². The fourth-order valence-electron chi connectivity index (χ4n) is 3.20. The van der Waals surface area contributed by atoms with Gasteiger partial charge in [-0.2, -0.15) is 0 Å². The predicted octanol–water partition coefficient (Wildman–Crippen LogP) is 4.62. The Bertz CT molecular complexity index is 1410. The predicted molar refractivity (Wildman–Crippen MR) is 129 cm³/mol. The molecule has 0 saturated carbocycles. The fourth-order valence-corrected chi connectivity index (χ4v) is 4.39. The number of carbonyl (C=O) groups is 2. The van der Waals surface area contributed by atoms with E-state index in [-0.39, 0.29) is 15.5 Å². The second-order valence-corrected chi connectivity index (χ2v) is 8.39. The Hall–Kier alpha value is -3.69. The molecule has 4 rings (SSSR count). The average molecular weight is 483 g/mol. The van der Waals surface area contributed by atoms with E-state index in [1.54, 1.807) is 55.5 Å². The summed E-state index contributed by atoms with van der Waals surface area (Å²) in [5, 5.41) is 6.01. The first-order valence-electron chi connectivity index (χ1n) is 10.0. The highest BCUT2D eigenvalue weighted by atomic mass is 35.5. The molecule has 0 fully saturated rings. The molecule has 0 aliphatic heterocycles. The second-order valence-electron chi connectivity index (χ2n) is 6.98. The van der Waals surface area contributed by atoms with Gasteiger partial charge in [0.15, 0.2) is 4.96 Å². The molecule has 0 aliphatic carbocycles. The van der Waals surface area contributed by atoms with Crippen LogP contribution in [-0.4, -0.2) is 27.8 Å². The lowest BCUT2D eigenvalue weighted by Crippen LogP contribution is -2.25. The summed E-state index contributed by atoms with van der Waals surface area (Å²) in [6, 6.07) is 14.8. The van der Waals surface area contributed by atoms with Crippen LogP contribution in [0.4, 0.5) is 11.4 Å². The van der Waals surface area contributed by atoms with Crippen LogP contribution in [0.2, 0.25) is 5.02 Å². The van der Waals surface area contributed by atoms with Gasteiger partial charge in [0.05, 0.1) is 12.3 Å². The van der Waals surface area contributed by atoms with Crippen LogP contribution in [0.15, 0.2) is 59.4 Å². The smallest absolute Gasteiger partial charge is 0.274 e. The topological polar surface area (TPSA) is 102 Å². The van der Waals surface area contributed by atoms with E-state index in [1.807, 2.05) is 6.92 Å². The van der Waals surface area contributed by atoms with Crippen molar-refractivity contribution in [1.29, 1.82) is 0 Å². The van der Waals surface area contributed by atoms with E-state index < -0.39 is 17.4 Å². The quantitative estimate of drug-likeness (QED) is 0.417. The number of para-hydroxylation sites is 2. The van der Waals surface area contributed by atoms with Gasteiger partial charge in [0, 0.05) is 22.5 Å². The molecule has 0 bridgehead atoms. The zero-order valence-corrected chi connectivity index (χ0v) is 19.3. The number of thiazole rings is 1. The Balaban J connectivity index is 1.78. The number of anilines is 2. The molecular formula is C23H19ClN4O4S. The van der Waals surface area contributed by atoms with Crippen LogP contribution >= 0.6 is 22.9 Å². The first kappa shape index (κ1) is 22.5. The fraction of sp³-hybridized carbons (Fsp3) is 0.130. The van der Waals surface area contributed by atoms with Crippen molar-refractivity contribution in [3.05, 3.63) is 86.2 Å². The van der Waals surface area contributed by atoms with Gasteiger partial charge in [0.25, 0.3) is 17.4 Å². The van der Waals surface area contributed by atoms with E-state index in [1.165, 1.54) is 6.07 Å². The molecule has 2 aromatic heterocycles. The van der Waals surface area contributed by atoms with Crippen molar-refractivity contribution in [2.24, 2.45) is 0 Å². The highest BCUT2D eigenvalue weighted by Crippen LogP contribution is 2.27. The molecule has 2 aromatic carbocycles. The summed E-state index contributed by atoms with van der Waals surface area (Å²) in [5.41, 5.74) is 0.833. The van der Waals surface area contributed by atoms with E-state index in [9.17, 15) is 14.4 Å². The SMILES string of the molecule is CCOc1ccccc1NC(=O)c1c(C(=O)Nc2ccc(Cl)cc2)sc2nc(C)cc(=O)n12. The third-order valence-corrected chi connectivity index (χ3v) is 5.90. The maximum atomic E-state index is 13.4. The van der Waals surface area contributed by atoms with Crippen molar-refractivity contribution in [2.75, 3.05) is 17.2 Å². The van der Waals surface area contributed by atoms with Gasteiger partial charge >= 0.3 is 0 Å². The first-order chi connectivity index (χ1) is 15.9. The third kappa shape index (κ3) is 4.74. The van der Waals surface area contributed by atoms with Gasteiger partial charge in [0.2, 0.25) is 0 Å². The summed E-state index contributed by atoms with van der Waals surface area (Å²) >= 11 is 6.87. The molecule has 2 amide bonds. The molecule has 0 saturated heterocycles. The molecule has 0 radical (unpaired) electrons. The molecule has 8 nitrogen and oxygen atoms in total. The van der Waals surface area contributed by atoms with Crippen LogP contribution in [0.3, 0.4) is 0 Å². The summed E-state index contributed by atoms with van der Waals surface area (Å²) in [5.74, 6) is -0.711. The number of rotatable bonds is 6. The van der Waals surface area contributed by atoms with Gasteiger partial charge in [-0.25, -0.2) is 9.38 Å². The number of nitrogens with zero attached hydrogens (tertiary/aromatic N) is 2. The summed E-state index contributed by atoms with van der Waals surface area (Å²) in [4.78, 5) is 43.9. The molecule has 2 heterocycles. The number of aromatic nitrogens is 2. The maximum absolute atomic E-state index is 13.4. The van der Waals surface area contributed by atoms with E-state index in [2.05, 4.69) is 15.6 Å². The Kier molecular flexibility index (Phi) is 6.43.